The highest BCUT2D eigenvalue weighted by molar-refractivity contribution is 5.83. The number of benzene rings is 1. The normalized spacial score (nSPS) is 10.4. The number of nitrogens with zero attached hydrogens (tertiary/aromatic N) is 3. The van der Waals surface area contributed by atoms with Gasteiger partial charge in [-0.15, -0.1) is 5.10 Å². The van der Waals surface area contributed by atoms with Crippen LogP contribution in [0, 0.1) is 5.82 Å². The summed E-state index contributed by atoms with van der Waals surface area (Å²) >= 11 is 0. The largest absolute Gasteiger partial charge is 0.497 e. The minimum absolute atomic E-state index is 0.129. The van der Waals surface area contributed by atoms with Gasteiger partial charge in [-0.05, 0) is 18.2 Å². The molecule has 0 aliphatic heterocycles. The molecule has 0 radical (unpaired) electrons. The molecule has 0 amide bonds. The summed E-state index contributed by atoms with van der Waals surface area (Å²) in [5, 5.41) is 12.5. The molecule has 1 aromatic carbocycles. The van der Waals surface area contributed by atoms with Gasteiger partial charge in [-0.2, -0.15) is 0 Å². The molecule has 0 aliphatic carbocycles. The van der Waals surface area contributed by atoms with E-state index in [1.807, 2.05) is 0 Å². The Morgan fingerprint density at radius 3 is 2.78 bits per heavy atom. The van der Waals surface area contributed by atoms with E-state index in [2.05, 4.69) is 10.1 Å². The van der Waals surface area contributed by atoms with Crippen molar-refractivity contribution in [2.75, 3.05) is 7.11 Å². The lowest BCUT2D eigenvalue weighted by Crippen LogP contribution is -2.00. The van der Waals surface area contributed by atoms with Gasteiger partial charge in [0.1, 0.15) is 11.6 Å². The number of carboxylic acid groups (broad SMARTS) is 1. The Balaban J connectivity index is 2.57. The van der Waals surface area contributed by atoms with Crippen LogP contribution in [0.4, 0.5) is 4.39 Å². The molecule has 1 aromatic heterocycles. The van der Waals surface area contributed by atoms with Gasteiger partial charge in [0.15, 0.2) is 5.82 Å². The van der Waals surface area contributed by atoms with Crippen molar-refractivity contribution in [2.24, 2.45) is 7.05 Å². The molecule has 0 saturated carbocycles. The molecular formula is C11H10FN3O3. The number of carboxylic acids is 1. The Bertz CT molecular complexity index is 610. The third kappa shape index (κ3) is 2.02. The number of hydrogen-bond acceptors (Lipinski definition) is 4. The standard InChI is InChI=1S/C11H10FN3O3/c1-15-10(13-9(14-15)11(16)17)7-5-6(18-2)3-4-8(7)12/h3-5H,1-2H3,(H,16,17). The van der Waals surface area contributed by atoms with E-state index in [-0.39, 0.29) is 17.2 Å². The highest BCUT2D eigenvalue weighted by Gasteiger charge is 2.17. The third-order valence-corrected chi connectivity index (χ3v) is 2.37. The van der Waals surface area contributed by atoms with E-state index in [0.29, 0.717) is 5.75 Å². The Morgan fingerprint density at radius 2 is 2.22 bits per heavy atom. The molecule has 0 atom stereocenters. The van der Waals surface area contributed by atoms with E-state index in [4.69, 9.17) is 9.84 Å². The van der Waals surface area contributed by atoms with Crippen LogP contribution in [-0.2, 0) is 7.05 Å². The van der Waals surface area contributed by atoms with Crippen LogP contribution in [-0.4, -0.2) is 33.0 Å². The van der Waals surface area contributed by atoms with Gasteiger partial charge in [0.2, 0.25) is 0 Å². The molecule has 0 bridgehead atoms. The quantitative estimate of drug-likeness (QED) is 0.890. The topological polar surface area (TPSA) is 77.2 Å². The summed E-state index contributed by atoms with van der Waals surface area (Å²) in [6.45, 7) is 0. The number of aromatic nitrogens is 3. The van der Waals surface area contributed by atoms with E-state index in [9.17, 15) is 9.18 Å². The van der Waals surface area contributed by atoms with Crippen LogP contribution in [0.2, 0.25) is 0 Å². The van der Waals surface area contributed by atoms with Crippen molar-refractivity contribution < 1.29 is 19.0 Å². The first kappa shape index (κ1) is 12.0. The van der Waals surface area contributed by atoms with Crippen molar-refractivity contribution >= 4 is 5.97 Å². The SMILES string of the molecule is COc1ccc(F)c(-c2nc(C(=O)O)nn2C)c1. The van der Waals surface area contributed by atoms with E-state index >= 15 is 0 Å². The van der Waals surface area contributed by atoms with E-state index in [1.165, 1.54) is 37.0 Å². The minimum Gasteiger partial charge on any atom is -0.497 e. The molecule has 18 heavy (non-hydrogen) atoms. The Labute approximate surface area is 102 Å². The number of aromatic carboxylic acids is 1. The summed E-state index contributed by atoms with van der Waals surface area (Å²) < 4.78 is 19.9. The van der Waals surface area contributed by atoms with Crippen molar-refractivity contribution in [3.05, 3.63) is 29.8 Å². The van der Waals surface area contributed by atoms with Gasteiger partial charge in [0.05, 0.1) is 12.7 Å². The molecule has 2 rings (SSSR count). The first-order valence-electron chi connectivity index (χ1n) is 5.01. The van der Waals surface area contributed by atoms with E-state index < -0.39 is 11.8 Å². The number of ether oxygens (including phenoxy) is 1. The molecule has 1 heterocycles. The molecule has 0 fully saturated rings. The molecule has 1 N–H and O–H groups in total. The van der Waals surface area contributed by atoms with Gasteiger partial charge in [-0.25, -0.2) is 18.9 Å². The Kier molecular flexibility index (Phi) is 2.97. The van der Waals surface area contributed by atoms with Crippen LogP contribution in [0.3, 0.4) is 0 Å². The zero-order chi connectivity index (χ0) is 13.3. The van der Waals surface area contributed by atoms with Gasteiger partial charge in [-0.3, -0.25) is 0 Å². The van der Waals surface area contributed by atoms with Crippen molar-refractivity contribution in [2.45, 2.75) is 0 Å². The average molecular weight is 251 g/mol. The van der Waals surface area contributed by atoms with Gasteiger partial charge >= 0.3 is 5.97 Å². The number of methoxy groups -OCH3 is 1. The third-order valence-electron chi connectivity index (χ3n) is 2.37. The summed E-state index contributed by atoms with van der Waals surface area (Å²) in [6.07, 6.45) is 0. The molecular weight excluding hydrogens is 241 g/mol. The second kappa shape index (κ2) is 4.44. The predicted molar refractivity (Wildman–Crippen MR) is 59.9 cm³/mol. The first-order chi connectivity index (χ1) is 8.52. The monoisotopic (exact) mass is 251 g/mol. The lowest BCUT2D eigenvalue weighted by molar-refractivity contribution is 0.0683. The van der Waals surface area contributed by atoms with Crippen molar-refractivity contribution in [3.63, 3.8) is 0 Å². The molecule has 2 aromatic rings. The van der Waals surface area contributed by atoms with E-state index in [1.54, 1.807) is 0 Å². The average Bonchev–Trinajstić information content (AvgIpc) is 2.72. The van der Waals surface area contributed by atoms with Crippen LogP contribution in [0.25, 0.3) is 11.4 Å². The number of rotatable bonds is 3. The zero-order valence-electron chi connectivity index (χ0n) is 9.72. The summed E-state index contributed by atoms with van der Waals surface area (Å²) in [4.78, 5) is 14.5. The highest BCUT2D eigenvalue weighted by Crippen LogP contribution is 2.25. The van der Waals surface area contributed by atoms with Crippen molar-refractivity contribution in [3.8, 4) is 17.1 Å². The Morgan fingerprint density at radius 1 is 1.50 bits per heavy atom. The molecule has 0 spiro atoms. The number of carbonyl (C=O) groups is 1. The summed E-state index contributed by atoms with van der Waals surface area (Å²) in [6, 6.07) is 4.13. The number of hydrogen-bond donors (Lipinski definition) is 1. The number of aryl methyl sites for hydroxylation is 1. The zero-order valence-corrected chi connectivity index (χ0v) is 9.72. The molecule has 7 heteroatoms. The molecule has 94 valence electrons. The Hall–Kier alpha value is -2.44. The van der Waals surface area contributed by atoms with Crippen LogP contribution in [0.15, 0.2) is 18.2 Å². The second-order valence-corrected chi connectivity index (χ2v) is 3.53. The van der Waals surface area contributed by atoms with Gasteiger partial charge in [0.25, 0.3) is 5.82 Å². The fourth-order valence-electron chi connectivity index (χ4n) is 1.51. The van der Waals surface area contributed by atoms with E-state index in [0.717, 1.165) is 0 Å². The lowest BCUT2D eigenvalue weighted by Gasteiger charge is -2.04. The highest BCUT2D eigenvalue weighted by atomic mass is 19.1. The van der Waals surface area contributed by atoms with Gasteiger partial charge in [0, 0.05) is 7.05 Å². The number of halogens is 1. The van der Waals surface area contributed by atoms with Crippen LogP contribution < -0.4 is 4.74 Å². The fourth-order valence-corrected chi connectivity index (χ4v) is 1.51. The molecule has 0 aliphatic rings. The van der Waals surface area contributed by atoms with Gasteiger partial charge < -0.3 is 9.84 Å². The molecule has 0 unspecified atom stereocenters. The maximum Gasteiger partial charge on any atom is 0.375 e. The van der Waals surface area contributed by atoms with Crippen molar-refractivity contribution in [1.82, 2.24) is 14.8 Å². The summed E-state index contributed by atoms with van der Waals surface area (Å²) in [7, 11) is 2.95. The summed E-state index contributed by atoms with van der Waals surface area (Å²) in [5.41, 5.74) is 0.136. The predicted octanol–water partition coefficient (Wildman–Crippen LogP) is 1.33. The van der Waals surface area contributed by atoms with Crippen molar-refractivity contribution in [1.29, 1.82) is 0 Å². The molecule has 0 saturated heterocycles. The van der Waals surface area contributed by atoms with Crippen LogP contribution in [0.1, 0.15) is 10.6 Å². The maximum absolute atomic E-state index is 13.7. The summed E-state index contributed by atoms with van der Waals surface area (Å²) in [5.74, 6) is -1.59. The fraction of sp³-hybridized carbons (Fsp3) is 0.182. The van der Waals surface area contributed by atoms with Gasteiger partial charge in [-0.1, -0.05) is 0 Å². The minimum atomic E-state index is -1.26. The second-order valence-electron chi connectivity index (χ2n) is 3.53. The smallest absolute Gasteiger partial charge is 0.375 e. The lowest BCUT2D eigenvalue weighted by atomic mass is 10.2. The van der Waals surface area contributed by atoms with Crippen LogP contribution in [0.5, 0.6) is 5.75 Å². The van der Waals surface area contributed by atoms with Crippen LogP contribution >= 0.6 is 0 Å². The maximum atomic E-state index is 13.7. The first-order valence-corrected chi connectivity index (χ1v) is 5.01. The molecule has 6 nitrogen and oxygen atoms in total.